The Kier molecular flexibility index (Phi) is 2.67. The van der Waals surface area contributed by atoms with Crippen LogP contribution in [0.2, 0.25) is 0 Å². The number of hydrogen-bond donors (Lipinski definition) is 1. The van der Waals surface area contributed by atoms with E-state index in [9.17, 15) is 0 Å². The van der Waals surface area contributed by atoms with E-state index < -0.39 is 5.72 Å². The third-order valence-corrected chi connectivity index (χ3v) is 2.78. The number of methoxy groups -OCH3 is 1. The lowest BCUT2D eigenvalue weighted by molar-refractivity contribution is -0.0356. The van der Waals surface area contributed by atoms with E-state index in [-0.39, 0.29) is 6.10 Å². The van der Waals surface area contributed by atoms with Crippen molar-refractivity contribution in [2.45, 2.75) is 25.7 Å². The highest BCUT2D eigenvalue weighted by Crippen LogP contribution is 2.34. The van der Waals surface area contributed by atoms with Crippen LogP contribution in [0.5, 0.6) is 5.75 Å². The average Bonchev–Trinajstić information content (AvgIpc) is 2.60. The molecule has 1 aliphatic rings. The predicted octanol–water partition coefficient (Wildman–Crippen LogP) is 1.88. The van der Waals surface area contributed by atoms with Crippen molar-refractivity contribution in [2.24, 2.45) is 0 Å². The number of rotatable bonds is 2. The van der Waals surface area contributed by atoms with Crippen LogP contribution < -0.4 is 10.1 Å². The van der Waals surface area contributed by atoms with Crippen LogP contribution in [0.3, 0.4) is 0 Å². The maximum absolute atomic E-state index is 5.89. The van der Waals surface area contributed by atoms with Crippen LogP contribution in [-0.2, 0) is 10.5 Å². The second-order valence-corrected chi connectivity index (χ2v) is 4.04. The van der Waals surface area contributed by atoms with E-state index in [1.807, 2.05) is 31.2 Å². The van der Waals surface area contributed by atoms with Crippen LogP contribution in [0.25, 0.3) is 0 Å². The molecule has 1 aromatic carbocycles. The molecule has 82 valence electrons. The molecule has 0 saturated carbocycles. The highest BCUT2D eigenvalue weighted by molar-refractivity contribution is 5.37. The van der Waals surface area contributed by atoms with Crippen LogP contribution >= 0.6 is 0 Å². The molecule has 2 rings (SSSR count). The van der Waals surface area contributed by atoms with Gasteiger partial charge in [0, 0.05) is 12.1 Å². The summed E-state index contributed by atoms with van der Waals surface area (Å²) in [5.74, 6) is 0.863. The van der Waals surface area contributed by atoms with Crippen LogP contribution in [-0.4, -0.2) is 19.8 Å². The first kappa shape index (κ1) is 10.5. The standard InChI is InChI=1S/C12H17NO2/c1-9-8-13-12(2,15-9)10-6-4-5-7-11(10)14-3/h4-7,9,13H,8H2,1-3H3. The fourth-order valence-electron chi connectivity index (χ4n) is 2.02. The molecular weight excluding hydrogens is 190 g/mol. The summed E-state index contributed by atoms with van der Waals surface area (Å²) < 4.78 is 11.2. The molecule has 0 spiro atoms. The molecule has 1 aliphatic heterocycles. The van der Waals surface area contributed by atoms with Gasteiger partial charge in [0.05, 0.1) is 13.2 Å². The maximum atomic E-state index is 5.89. The van der Waals surface area contributed by atoms with E-state index in [0.29, 0.717) is 0 Å². The first-order chi connectivity index (χ1) is 7.15. The first-order valence-electron chi connectivity index (χ1n) is 5.22. The van der Waals surface area contributed by atoms with Gasteiger partial charge in [-0.1, -0.05) is 18.2 Å². The third-order valence-electron chi connectivity index (χ3n) is 2.78. The molecule has 1 aromatic rings. The molecule has 1 saturated heterocycles. The SMILES string of the molecule is COc1ccccc1C1(C)NCC(C)O1. The topological polar surface area (TPSA) is 30.5 Å². The van der Waals surface area contributed by atoms with Crippen molar-refractivity contribution < 1.29 is 9.47 Å². The van der Waals surface area contributed by atoms with Gasteiger partial charge in [0.1, 0.15) is 11.5 Å². The highest BCUT2D eigenvalue weighted by atomic mass is 16.5. The Labute approximate surface area is 90.4 Å². The van der Waals surface area contributed by atoms with E-state index in [1.165, 1.54) is 0 Å². The van der Waals surface area contributed by atoms with Crippen molar-refractivity contribution in [3.8, 4) is 5.75 Å². The molecule has 1 heterocycles. The van der Waals surface area contributed by atoms with Gasteiger partial charge in [0.25, 0.3) is 0 Å². The lowest BCUT2D eigenvalue weighted by Gasteiger charge is -2.26. The van der Waals surface area contributed by atoms with E-state index in [2.05, 4.69) is 12.2 Å². The van der Waals surface area contributed by atoms with Crippen LogP contribution in [0, 0.1) is 0 Å². The Bertz CT molecular complexity index is 353. The van der Waals surface area contributed by atoms with Gasteiger partial charge in [-0.05, 0) is 19.9 Å². The van der Waals surface area contributed by atoms with Crippen molar-refractivity contribution >= 4 is 0 Å². The molecule has 0 radical (unpaired) electrons. The molecule has 0 aliphatic carbocycles. The molecule has 2 atom stereocenters. The fourth-order valence-corrected chi connectivity index (χ4v) is 2.02. The summed E-state index contributed by atoms with van der Waals surface area (Å²) >= 11 is 0. The minimum Gasteiger partial charge on any atom is -0.496 e. The summed E-state index contributed by atoms with van der Waals surface area (Å²) in [5.41, 5.74) is 0.628. The van der Waals surface area contributed by atoms with Crippen molar-refractivity contribution in [1.82, 2.24) is 5.32 Å². The zero-order valence-corrected chi connectivity index (χ0v) is 9.41. The summed E-state index contributed by atoms with van der Waals surface area (Å²) in [6.07, 6.45) is 0.236. The van der Waals surface area contributed by atoms with E-state index >= 15 is 0 Å². The molecule has 0 bridgehead atoms. The third kappa shape index (κ3) is 1.85. The number of para-hydroxylation sites is 1. The Morgan fingerprint density at radius 3 is 2.80 bits per heavy atom. The zero-order valence-electron chi connectivity index (χ0n) is 9.41. The number of nitrogens with one attached hydrogen (secondary N) is 1. The Hall–Kier alpha value is -1.06. The number of ether oxygens (including phenoxy) is 2. The minimum absolute atomic E-state index is 0.236. The summed E-state index contributed by atoms with van der Waals surface area (Å²) in [7, 11) is 1.68. The molecule has 3 heteroatoms. The van der Waals surface area contributed by atoms with Gasteiger partial charge < -0.3 is 9.47 Å². The molecular formula is C12H17NO2. The molecule has 2 unspecified atom stereocenters. The average molecular weight is 207 g/mol. The van der Waals surface area contributed by atoms with Gasteiger partial charge in [-0.15, -0.1) is 0 Å². The van der Waals surface area contributed by atoms with Crippen molar-refractivity contribution in [1.29, 1.82) is 0 Å². The monoisotopic (exact) mass is 207 g/mol. The van der Waals surface area contributed by atoms with Gasteiger partial charge in [0.2, 0.25) is 0 Å². The Balaban J connectivity index is 2.36. The lowest BCUT2D eigenvalue weighted by Crippen LogP contribution is -2.34. The maximum Gasteiger partial charge on any atom is 0.146 e. The summed E-state index contributed by atoms with van der Waals surface area (Å²) in [5, 5.41) is 3.37. The van der Waals surface area contributed by atoms with Crippen molar-refractivity contribution in [3.05, 3.63) is 29.8 Å². The zero-order chi connectivity index (χ0) is 10.9. The van der Waals surface area contributed by atoms with Gasteiger partial charge in [-0.3, -0.25) is 5.32 Å². The summed E-state index contributed by atoms with van der Waals surface area (Å²) in [4.78, 5) is 0. The lowest BCUT2D eigenvalue weighted by atomic mass is 10.0. The molecule has 15 heavy (non-hydrogen) atoms. The normalized spacial score (nSPS) is 30.5. The fraction of sp³-hybridized carbons (Fsp3) is 0.500. The number of hydrogen-bond acceptors (Lipinski definition) is 3. The van der Waals surface area contributed by atoms with Crippen molar-refractivity contribution in [3.63, 3.8) is 0 Å². The molecule has 0 amide bonds. The Morgan fingerprint density at radius 1 is 1.47 bits per heavy atom. The van der Waals surface area contributed by atoms with Crippen molar-refractivity contribution in [2.75, 3.05) is 13.7 Å². The van der Waals surface area contributed by atoms with Gasteiger partial charge >= 0.3 is 0 Å². The van der Waals surface area contributed by atoms with Crippen LogP contribution in [0.4, 0.5) is 0 Å². The predicted molar refractivity (Wildman–Crippen MR) is 58.9 cm³/mol. The number of benzene rings is 1. The smallest absolute Gasteiger partial charge is 0.146 e. The molecule has 0 aromatic heterocycles. The van der Waals surface area contributed by atoms with Gasteiger partial charge in [-0.25, -0.2) is 0 Å². The minimum atomic E-state index is -0.425. The van der Waals surface area contributed by atoms with Gasteiger partial charge in [0.15, 0.2) is 0 Å². The van der Waals surface area contributed by atoms with Crippen LogP contribution in [0.15, 0.2) is 24.3 Å². The van der Waals surface area contributed by atoms with E-state index in [0.717, 1.165) is 17.9 Å². The first-order valence-corrected chi connectivity index (χ1v) is 5.22. The van der Waals surface area contributed by atoms with E-state index in [4.69, 9.17) is 9.47 Å². The molecule has 3 nitrogen and oxygen atoms in total. The summed E-state index contributed by atoms with van der Waals surface area (Å²) in [6.45, 7) is 4.97. The van der Waals surface area contributed by atoms with E-state index in [1.54, 1.807) is 7.11 Å². The quantitative estimate of drug-likeness (QED) is 0.803. The molecule has 1 N–H and O–H groups in total. The largest absolute Gasteiger partial charge is 0.496 e. The highest BCUT2D eigenvalue weighted by Gasteiger charge is 2.37. The Morgan fingerprint density at radius 2 is 2.20 bits per heavy atom. The molecule has 1 fully saturated rings. The van der Waals surface area contributed by atoms with Crippen LogP contribution in [0.1, 0.15) is 19.4 Å². The second kappa shape index (κ2) is 3.83. The second-order valence-electron chi connectivity index (χ2n) is 4.04. The van der Waals surface area contributed by atoms with Gasteiger partial charge in [-0.2, -0.15) is 0 Å². The summed E-state index contributed by atoms with van der Waals surface area (Å²) in [6, 6.07) is 7.94.